The molecule has 0 aliphatic rings. The van der Waals surface area contributed by atoms with Gasteiger partial charge in [-0.2, -0.15) is 0 Å². The molecule has 1 aromatic carbocycles. The zero-order valence-electron chi connectivity index (χ0n) is 12.1. The van der Waals surface area contributed by atoms with E-state index >= 15 is 0 Å². The van der Waals surface area contributed by atoms with E-state index in [1.54, 1.807) is 10.9 Å². The van der Waals surface area contributed by atoms with Gasteiger partial charge in [0.25, 0.3) is 0 Å². The number of amides is 1. The van der Waals surface area contributed by atoms with Crippen molar-refractivity contribution >= 4 is 33.6 Å². The van der Waals surface area contributed by atoms with Gasteiger partial charge in [-0.05, 0) is 31.5 Å². The summed E-state index contributed by atoms with van der Waals surface area (Å²) >= 11 is 4.80. The highest BCUT2D eigenvalue weighted by Gasteiger charge is 2.19. The number of aryl methyl sites for hydroxylation is 1. The van der Waals surface area contributed by atoms with Crippen LogP contribution in [0.3, 0.4) is 0 Å². The van der Waals surface area contributed by atoms with Crippen LogP contribution in [0.5, 0.6) is 0 Å². The Hall–Kier alpha value is -1.34. The Morgan fingerprint density at radius 2 is 2.00 bits per heavy atom. The molecule has 1 heterocycles. The van der Waals surface area contributed by atoms with Crippen LogP contribution < -0.4 is 5.32 Å². The van der Waals surface area contributed by atoms with Gasteiger partial charge >= 0.3 is 0 Å². The fourth-order valence-corrected chi connectivity index (χ4v) is 2.82. The third kappa shape index (κ3) is 4.31. The first-order valence-electron chi connectivity index (χ1n) is 6.54. The van der Waals surface area contributed by atoms with Crippen molar-refractivity contribution in [3.05, 3.63) is 40.6 Å². The van der Waals surface area contributed by atoms with E-state index in [0.29, 0.717) is 0 Å². The second-order valence-electron chi connectivity index (χ2n) is 4.77. The third-order valence-electron chi connectivity index (χ3n) is 3.05. The predicted molar refractivity (Wildman–Crippen MR) is 87.0 cm³/mol. The number of hydrogen-bond donors (Lipinski definition) is 1. The summed E-state index contributed by atoms with van der Waals surface area (Å²) < 4.78 is 2.82. The fraction of sp³-hybridized carbons (Fsp3) is 0.357. The maximum absolute atomic E-state index is 12.2. The van der Waals surface area contributed by atoms with Gasteiger partial charge in [0.05, 0.1) is 11.3 Å². The monoisotopic (exact) mass is 368 g/mol. The molecule has 0 spiro atoms. The van der Waals surface area contributed by atoms with Gasteiger partial charge in [0.1, 0.15) is 6.33 Å². The van der Waals surface area contributed by atoms with Crippen LogP contribution in [-0.2, 0) is 11.8 Å². The summed E-state index contributed by atoms with van der Waals surface area (Å²) in [6, 6.07) is 7.89. The summed E-state index contributed by atoms with van der Waals surface area (Å²) in [5.41, 5.74) is 1.07. The van der Waals surface area contributed by atoms with Crippen molar-refractivity contribution < 1.29 is 4.79 Å². The lowest BCUT2D eigenvalue weighted by Gasteiger charge is -2.17. The van der Waals surface area contributed by atoms with Gasteiger partial charge in [0.15, 0.2) is 5.16 Å². The van der Waals surface area contributed by atoms with E-state index in [9.17, 15) is 4.79 Å². The van der Waals surface area contributed by atoms with Crippen LogP contribution in [0.4, 0.5) is 0 Å². The largest absolute Gasteiger partial charge is 0.349 e. The number of carbonyl (C=O) groups is 1. The predicted octanol–water partition coefficient (Wildman–Crippen LogP) is 2.94. The summed E-state index contributed by atoms with van der Waals surface area (Å²) in [6.07, 6.45) is 1.62. The number of benzene rings is 1. The van der Waals surface area contributed by atoms with Gasteiger partial charge < -0.3 is 9.88 Å². The molecule has 2 atom stereocenters. The maximum Gasteiger partial charge on any atom is 0.233 e. The fourth-order valence-electron chi connectivity index (χ4n) is 1.76. The van der Waals surface area contributed by atoms with E-state index in [4.69, 9.17) is 0 Å². The molecule has 5 nitrogen and oxygen atoms in total. The van der Waals surface area contributed by atoms with Crippen LogP contribution in [0.25, 0.3) is 0 Å². The van der Waals surface area contributed by atoms with E-state index in [-0.39, 0.29) is 17.2 Å². The lowest BCUT2D eigenvalue weighted by Crippen LogP contribution is -2.33. The van der Waals surface area contributed by atoms with Crippen molar-refractivity contribution in [1.82, 2.24) is 20.1 Å². The molecular formula is C14H17BrN4OS. The number of hydrogen-bond acceptors (Lipinski definition) is 4. The van der Waals surface area contributed by atoms with E-state index in [2.05, 4.69) is 31.4 Å². The standard InChI is InChI=1S/C14H17BrN4OS/c1-9(11-4-6-12(15)7-5-11)17-13(20)10(2)21-14-18-16-8-19(14)3/h4-10H,1-3H3,(H,17,20). The van der Waals surface area contributed by atoms with Gasteiger partial charge in [0, 0.05) is 11.5 Å². The summed E-state index contributed by atoms with van der Waals surface area (Å²) in [7, 11) is 1.86. The Morgan fingerprint density at radius 1 is 1.33 bits per heavy atom. The molecule has 1 aromatic heterocycles. The molecule has 21 heavy (non-hydrogen) atoms. The first-order valence-corrected chi connectivity index (χ1v) is 8.21. The molecule has 0 aliphatic carbocycles. The van der Waals surface area contributed by atoms with Crippen LogP contribution in [-0.4, -0.2) is 25.9 Å². The number of halogens is 1. The molecule has 1 N–H and O–H groups in total. The van der Waals surface area contributed by atoms with E-state index in [1.807, 2.05) is 45.2 Å². The van der Waals surface area contributed by atoms with E-state index in [1.165, 1.54) is 11.8 Å². The van der Waals surface area contributed by atoms with Crippen molar-refractivity contribution in [1.29, 1.82) is 0 Å². The summed E-state index contributed by atoms with van der Waals surface area (Å²) in [5.74, 6) is -0.0154. The Bertz CT molecular complexity index is 614. The molecule has 2 unspecified atom stereocenters. The highest BCUT2D eigenvalue weighted by atomic mass is 79.9. The van der Waals surface area contributed by atoms with Crippen molar-refractivity contribution in [2.45, 2.75) is 30.3 Å². The van der Waals surface area contributed by atoms with E-state index < -0.39 is 0 Å². The SMILES string of the molecule is CC(Sc1nncn1C)C(=O)NC(C)c1ccc(Br)cc1. The zero-order valence-corrected chi connectivity index (χ0v) is 14.5. The van der Waals surface area contributed by atoms with Gasteiger partial charge in [0.2, 0.25) is 5.91 Å². The van der Waals surface area contributed by atoms with Crippen molar-refractivity contribution in [3.8, 4) is 0 Å². The molecule has 0 saturated heterocycles. The van der Waals surface area contributed by atoms with Gasteiger partial charge in [-0.1, -0.05) is 39.8 Å². The quantitative estimate of drug-likeness (QED) is 0.824. The molecule has 2 rings (SSSR count). The van der Waals surface area contributed by atoms with Crippen LogP contribution >= 0.6 is 27.7 Å². The molecule has 0 radical (unpaired) electrons. The molecule has 2 aromatic rings. The minimum Gasteiger partial charge on any atom is -0.349 e. The average Bonchev–Trinajstić information content (AvgIpc) is 2.84. The summed E-state index contributed by atoms with van der Waals surface area (Å²) in [5, 5.41) is 11.3. The van der Waals surface area contributed by atoms with Crippen LogP contribution in [0.1, 0.15) is 25.5 Å². The summed E-state index contributed by atoms with van der Waals surface area (Å²) in [6.45, 7) is 3.84. The first kappa shape index (κ1) is 16.0. The molecule has 7 heteroatoms. The second kappa shape index (κ2) is 7.09. The number of thioether (sulfide) groups is 1. The zero-order chi connectivity index (χ0) is 15.4. The highest BCUT2D eigenvalue weighted by molar-refractivity contribution is 9.10. The minimum atomic E-state index is -0.231. The van der Waals surface area contributed by atoms with Crippen LogP contribution in [0.15, 0.2) is 40.2 Å². The average molecular weight is 369 g/mol. The Balaban J connectivity index is 1.94. The number of nitrogens with zero attached hydrogens (tertiary/aromatic N) is 3. The van der Waals surface area contributed by atoms with Crippen molar-refractivity contribution in [3.63, 3.8) is 0 Å². The normalized spacial score (nSPS) is 13.7. The molecule has 0 saturated carbocycles. The Morgan fingerprint density at radius 3 is 2.57 bits per heavy atom. The van der Waals surface area contributed by atoms with Crippen LogP contribution in [0.2, 0.25) is 0 Å². The lowest BCUT2D eigenvalue weighted by molar-refractivity contribution is -0.120. The third-order valence-corrected chi connectivity index (χ3v) is 4.73. The first-order chi connectivity index (χ1) is 9.97. The smallest absolute Gasteiger partial charge is 0.233 e. The molecule has 1 amide bonds. The maximum atomic E-state index is 12.2. The highest BCUT2D eigenvalue weighted by Crippen LogP contribution is 2.22. The number of nitrogens with one attached hydrogen (secondary N) is 1. The number of aromatic nitrogens is 3. The Labute approximate surface area is 136 Å². The molecular weight excluding hydrogens is 352 g/mol. The lowest BCUT2D eigenvalue weighted by atomic mass is 10.1. The van der Waals surface area contributed by atoms with Gasteiger partial charge in [-0.15, -0.1) is 10.2 Å². The minimum absolute atomic E-state index is 0.0154. The van der Waals surface area contributed by atoms with Crippen LogP contribution in [0, 0.1) is 0 Å². The topological polar surface area (TPSA) is 59.8 Å². The van der Waals surface area contributed by atoms with Crippen molar-refractivity contribution in [2.24, 2.45) is 7.05 Å². The van der Waals surface area contributed by atoms with Gasteiger partial charge in [-0.3, -0.25) is 4.79 Å². The number of rotatable bonds is 5. The van der Waals surface area contributed by atoms with E-state index in [0.717, 1.165) is 15.2 Å². The van der Waals surface area contributed by atoms with Gasteiger partial charge in [-0.25, -0.2) is 0 Å². The second-order valence-corrected chi connectivity index (χ2v) is 6.99. The summed E-state index contributed by atoms with van der Waals surface area (Å²) in [4.78, 5) is 12.2. The van der Waals surface area contributed by atoms with Crippen molar-refractivity contribution in [2.75, 3.05) is 0 Å². The molecule has 112 valence electrons. The molecule has 0 bridgehead atoms. The Kier molecular flexibility index (Phi) is 5.41. The number of carbonyl (C=O) groups excluding carboxylic acids is 1. The molecule has 0 aliphatic heterocycles. The molecule has 0 fully saturated rings.